The van der Waals surface area contributed by atoms with Crippen molar-refractivity contribution in [1.82, 2.24) is 4.98 Å². The first-order valence-corrected chi connectivity index (χ1v) is 8.25. The fourth-order valence-electron chi connectivity index (χ4n) is 2.11. The molecule has 0 aliphatic carbocycles. The maximum Gasteiger partial charge on any atom is 0.284 e. The second-order valence-electron chi connectivity index (χ2n) is 4.86. The van der Waals surface area contributed by atoms with Crippen LogP contribution in [0.25, 0.3) is 0 Å². The van der Waals surface area contributed by atoms with Gasteiger partial charge in [0, 0.05) is 0 Å². The number of rotatable bonds is 2. The quantitative estimate of drug-likeness (QED) is 0.491. The second kappa shape index (κ2) is 7.58. The minimum Gasteiger partial charge on any atom is -0.744 e. The molecule has 0 aliphatic heterocycles. The Morgan fingerprint density at radius 2 is 1.74 bits per heavy atom. The van der Waals surface area contributed by atoms with Crippen LogP contribution >= 0.6 is 11.6 Å². The Hall–Kier alpha value is -1.90. The highest BCUT2D eigenvalue weighted by atomic mass is 35.5. The summed E-state index contributed by atoms with van der Waals surface area (Å²) in [6, 6.07) is 3.38. The molecule has 2 aromatic rings. The molecule has 23 heavy (non-hydrogen) atoms. The Morgan fingerprint density at radius 3 is 2.13 bits per heavy atom. The molecule has 0 unspecified atom stereocenters. The summed E-state index contributed by atoms with van der Waals surface area (Å²) in [5.74, 6) is 5.75. The molecule has 126 valence electrons. The van der Waals surface area contributed by atoms with Crippen molar-refractivity contribution >= 4 is 21.7 Å². The molecule has 0 radical (unpaired) electrons. The van der Waals surface area contributed by atoms with Gasteiger partial charge >= 0.3 is 0 Å². The number of aryl methyl sites for hydroxylation is 3. The Bertz CT molecular complexity index is 766. The molecule has 0 atom stereocenters. The summed E-state index contributed by atoms with van der Waals surface area (Å²) in [6.07, 6.45) is 3.00. The predicted molar refractivity (Wildman–Crippen MR) is 84.8 cm³/mol. The van der Waals surface area contributed by atoms with Gasteiger partial charge in [-0.3, -0.25) is 0 Å². The van der Waals surface area contributed by atoms with E-state index < -0.39 is 10.1 Å². The van der Waals surface area contributed by atoms with Crippen LogP contribution in [0.1, 0.15) is 16.7 Å². The lowest BCUT2D eigenvalue weighted by Crippen LogP contribution is -2.43. The zero-order valence-electron chi connectivity index (χ0n) is 13.2. The standard InChI is InChI=1S/C9H12O3S.C5H7ClN3O/c1-6-4-7(2)9(8(3)5-6)13(10,11)12;1-10-5-3-9(7)2-4(6)8-5/h4-5H,1-3H3,(H,10,11,12);2-3H,1H3,(H2,7,8)/q;+1/p-1. The van der Waals surface area contributed by atoms with Crippen molar-refractivity contribution in [3.8, 4) is 5.88 Å². The summed E-state index contributed by atoms with van der Waals surface area (Å²) in [7, 11) is -2.83. The van der Waals surface area contributed by atoms with Crippen LogP contribution < -0.4 is 15.3 Å². The van der Waals surface area contributed by atoms with Crippen LogP contribution in [-0.4, -0.2) is 25.1 Å². The van der Waals surface area contributed by atoms with E-state index in [-0.39, 0.29) is 4.90 Å². The van der Waals surface area contributed by atoms with Gasteiger partial charge in [0.15, 0.2) is 5.15 Å². The Kier molecular flexibility index (Phi) is 6.31. The lowest BCUT2D eigenvalue weighted by molar-refractivity contribution is -0.639. The minimum atomic E-state index is -4.33. The molecule has 1 heterocycles. The topological polar surface area (TPSA) is 109 Å². The molecule has 1 aromatic heterocycles. The van der Waals surface area contributed by atoms with Gasteiger partial charge in [-0.2, -0.15) is 4.98 Å². The Morgan fingerprint density at radius 1 is 1.22 bits per heavy atom. The van der Waals surface area contributed by atoms with Crippen LogP contribution in [0.4, 0.5) is 0 Å². The van der Waals surface area contributed by atoms with Crippen LogP contribution in [-0.2, 0) is 10.1 Å². The maximum atomic E-state index is 10.8. The van der Waals surface area contributed by atoms with Crippen LogP contribution in [0.2, 0.25) is 5.15 Å². The highest BCUT2D eigenvalue weighted by Gasteiger charge is 2.09. The van der Waals surface area contributed by atoms with Gasteiger partial charge in [0.05, 0.1) is 12.0 Å². The molecular weight excluding hydrogens is 342 g/mol. The van der Waals surface area contributed by atoms with Gasteiger partial charge in [0.2, 0.25) is 6.20 Å². The molecule has 1 aromatic carbocycles. The fourth-order valence-corrected chi connectivity index (χ4v) is 3.21. The average molecular weight is 360 g/mol. The number of hydrogen-bond donors (Lipinski definition) is 1. The molecule has 0 aliphatic rings. The number of hydrogen-bond acceptors (Lipinski definition) is 6. The van der Waals surface area contributed by atoms with Crippen molar-refractivity contribution < 1.29 is 22.4 Å². The van der Waals surface area contributed by atoms with Gasteiger partial charge in [-0.1, -0.05) is 34.0 Å². The largest absolute Gasteiger partial charge is 0.744 e. The summed E-state index contributed by atoms with van der Waals surface area (Å²) in [5.41, 5.74) is 2.00. The summed E-state index contributed by atoms with van der Waals surface area (Å²) >= 11 is 5.54. The van der Waals surface area contributed by atoms with Crippen molar-refractivity contribution in [2.24, 2.45) is 0 Å². The number of nitrogens with zero attached hydrogens (tertiary/aromatic N) is 2. The Labute approximate surface area is 140 Å². The number of methoxy groups -OCH3 is 1. The molecule has 7 nitrogen and oxygen atoms in total. The highest BCUT2D eigenvalue weighted by molar-refractivity contribution is 7.85. The fraction of sp³-hybridized carbons (Fsp3) is 0.286. The normalized spacial score (nSPS) is 10.7. The first-order valence-electron chi connectivity index (χ1n) is 6.46. The number of aromatic nitrogens is 2. The van der Waals surface area contributed by atoms with Crippen molar-refractivity contribution in [1.29, 1.82) is 0 Å². The van der Waals surface area contributed by atoms with Gasteiger partial charge in [-0.25, -0.2) is 14.3 Å². The van der Waals surface area contributed by atoms with Crippen molar-refractivity contribution in [2.45, 2.75) is 25.7 Å². The minimum absolute atomic E-state index is 0.0851. The van der Waals surface area contributed by atoms with E-state index in [9.17, 15) is 13.0 Å². The van der Waals surface area contributed by atoms with E-state index in [4.69, 9.17) is 22.2 Å². The third-order valence-electron chi connectivity index (χ3n) is 2.80. The summed E-state index contributed by atoms with van der Waals surface area (Å²) in [6.45, 7) is 5.12. The summed E-state index contributed by atoms with van der Waals surface area (Å²) < 4.78 is 38.6. The van der Waals surface area contributed by atoms with Crippen molar-refractivity contribution in [3.63, 3.8) is 0 Å². The summed E-state index contributed by atoms with van der Waals surface area (Å²) in [4.78, 5) is 3.71. The molecular formula is C14H18ClN3O4S. The van der Waals surface area contributed by atoms with Crippen LogP contribution in [0.15, 0.2) is 29.4 Å². The second-order valence-corrected chi connectivity index (χ2v) is 6.57. The first-order chi connectivity index (χ1) is 10.5. The molecule has 2 rings (SSSR count). The van der Waals surface area contributed by atoms with Crippen molar-refractivity contribution in [2.75, 3.05) is 13.0 Å². The zero-order valence-corrected chi connectivity index (χ0v) is 14.8. The molecule has 0 saturated carbocycles. The lowest BCUT2D eigenvalue weighted by atomic mass is 10.1. The van der Waals surface area contributed by atoms with Crippen LogP contribution in [0, 0.1) is 20.8 Å². The van der Waals surface area contributed by atoms with Gasteiger partial charge < -0.3 is 9.29 Å². The lowest BCUT2D eigenvalue weighted by Gasteiger charge is -2.14. The number of nitrogens with two attached hydrogens (primary N) is 1. The first kappa shape index (κ1) is 19.1. The zero-order chi connectivity index (χ0) is 17.8. The molecule has 0 bridgehead atoms. The van der Waals surface area contributed by atoms with Gasteiger partial charge in [0.1, 0.15) is 10.1 Å². The third-order valence-corrected chi connectivity index (χ3v) is 4.12. The van der Waals surface area contributed by atoms with E-state index in [1.165, 1.54) is 24.2 Å². The molecule has 0 amide bonds. The maximum absolute atomic E-state index is 10.8. The highest BCUT2D eigenvalue weighted by Crippen LogP contribution is 2.20. The number of nitrogen functional groups attached to an aromatic ring is 1. The SMILES string of the molecule is COc1c[n+](N)cc(Cl)n1.Cc1cc(C)c(S(=O)(=O)[O-])c(C)c1. The molecule has 9 heteroatoms. The van der Waals surface area contributed by atoms with Crippen molar-refractivity contribution in [3.05, 3.63) is 46.4 Å². The van der Waals surface area contributed by atoms with E-state index in [0.717, 1.165) is 5.56 Å². The van der Waals surface area contributed by atoms with E-state index in [1.54, 1.807) is 26.0 Å². The van der Waals surface area contributed by atoms with E-state index in [0.29, 0.717) is 22.2 Å². The molecule has 2 N–H and O–H groups in total. The summed E-state index contributed by atoms with van der Waals surface area (Å²) in [5, 5.41) is 0.307. The van der Waals surface area contributed by atoms with E-state index >= 15 is 0 Å². The monoisotopic (exact) mass is 359 g/mol. The van der Waals surface area contributed by atoms with Gasteiger partial charge in [-0.05, 0) is 31.9 Å². The van der Waals surface area contributed by atoms with E-state index in [1.807, 2.05) is 6.92 Å². The van der Waals surface area contributed by atoms with Gasteiger partial charge in [0.25, 0.3) is 12.1 Å². The Balaban J connectivity index is 0.000000238. The predicted octanol–water partition coefficient (Wildman–Crippen LogP) is 1.26. The number of benzene rings is 1. The molecule has 0 fully saturated rings. The molecule has 0 spiro atoms. The van der Waals surface area contributed by atoms with Gasteiger partial charge in [-0.15, -0.1) is 0 Å². The van der Waals surface area contributed by atoms with Crippen LogP contribution in [0.5, 0.6) is 5.88 Å². The number of halogens is 1. The van der Waals surface area contributed by atoms with E-state index in [2.05, 4.69) is 4.98 Å². The average Bonchev–Trinajstić information content (AvgIpc) is 2.35. The third kappa shape index (κ3) is 5.66. The van der Waals surface area contributed by atoms with Crippen LogP contribution in [0.3, 0.4) is 0 Å². The molecule has 0 saturated heterocycles. The smallest absolute Gasteiger partial charge is 0.284 e. The number of ether oxygens (including phenoxy) is 1.